The van der Waals surface area contributed by atoms with E-state index in [1.807, 2.05) is 0 Å². The van der Waals surface area contributed by atoms with E-state index in [0.29, 0.717) is 17.1 Å². The summed E-state index contributed by atoms with van der Waals surface area (Å²) in [6.45, 7) is 0. The molecule has 0 aliphatic heterocycles. The fourth-order valence-corrected chi connectivity index (χ4v) is 1.41. The van der Waals surface area contributed by atoms with Gasteiger partial charge < -0.3 is 15.6 Å². The largest absolute Gasteiger partial charge is 0.478 e. The van der Waals surface area contributed by atoms with E-state index >= 15 is 0 Å². The minimum atomic E-state index is -1.08. The number of nitrogens with zero attached hydrogens (tertiary/aromatic N) is 1. The maximum atomic E-state index is 10.9. The molecule has 2 rings (SSSR count). The molecule has 0 aliphatic rings. The number of carboxylic acid groups (broad SMARTS) is 1. The first kappa shape index (κ1) is 12.6. The van der Waals surface area contributed by atoms with Crippen molar-refractivity contribution in [1.29, 1.82) is 0 Å². The first-order chi connectivity index (χ1) is 9.06. The van der Waals surface area contributed by atoms with Crippen molar-refractivity contribution in [1.82, 2.24) is 4.98 Å². The Morgan fingerprint density at radius 2 is 1.74 bits per heavy atom. The zero-order chi connectivity index (χ0) is 13.8. The van der Waals surface area contributed by atoms with Gasteiger partial charge in [0.05, 0.1) is 11.8 Å². The average Bonchev–Trinajstić information content (AvgIpc) is 2.39. The molecule has 1 heterocycles. The van der Waals surface area contributed by atoms with Crippen molar-refractivity contribution in [2.24, 2.45) is 5.73 Å². The molecule has 0 unspecified atom stereocenters. The van der Waals surface area contributed by atoms with Crippen LogP contribution < -0.4 is 10.5 Å². The highest BCUT2D eigenvalue weighted by molar-refractivity contribution is 5.92. The fourth-order valence-electron chi connectivity index (χ4n) is 1.41. The number of carboxylic acids is 1. The van der Waals surface area contributed by atoms with Gasteiger partial charge in [-0.25, -0.2) is 4.79 Å². The van der Waals surface area contributed by atoms with Gasteiger partial charge in [-0.2, -0.15) is 0 Å². The zero-order valence-corrected chi connectivity index (χ0v) is 9.74. The van der Waals surface area contributed by atoms with Gasteiger partial charge in [0.25, 0.3) is 0 Å². The third kappa shape index (κ3) is 3.06. The molecule has 0 spiro atoms. The molecular formula is C13H10N2O4. The first-order valence-electron chi connectivity index (χ1n) is 5.32. The van der Waals surface area contributed by atoms with Crippen molar-refractivity contribution in [3.8, 4) is 11.5 Å². The highest BCUT2D eigenvalue weighted by Crippen LogP contribution is 2.21. The summed E-state index contributed by atoms with van der Waals surface area (Å²) in [5.41, 5.74) is 5.51. The Morgan fingerprint density at radius 1 is 1.05 bits per heavy atom. The molecule has 1 aromatic heterocycles. The normalized spacial score (nSPS) is 9.89. The predicted molar refractivity (Wildman–Crippen MR) is 66.2 cm³/mol. The number of hydrogen-bond acceptors (Lipinski definition) is 4. The lowest BCUT2D eigenvalue weighted by atomic mass is 10.2. The van der Waals surface area contributed by atoms with E-state index in [9.17, 15) is 9.59 Å². The Bertz CT molecular complexity index is 623. The second-order valence-electron chi connectivity index (χ2n) is 3.71. The van der Waals surface area contributed by atoms with Gasteiger partial charge in [0.1, 0.15) is 11.5 Å². The van der Waals surface area contributed by atoms with Crippen LogP contribution in [0.5, 0.6) is 11.5 Å². The highest BCUT2D eigenvalue weighted by atomic mass is 16.5. The topological polar surface area (TPSA) is 103 Å². The Labute approximate surface area is 108 Å². The fraction of sp³-hybridized carbons (Fsp3) is 0. The smallest absolute Gasteiger partial charge is 0.337 e. The maximum absolute atomic E-state index is 10.9. The number of pyridine rings is 1. The third-order valence-corrected chi connectivity index (χ3v) is 2.33. The van der Waals surface area contributed by atoms with Crippen LogP contribution in [0, 0.1) is 0 Å². The molecule has 1 aromatic carbocycles. The molecule has 1 amide bonds. The molecule has 96 valence electrons. The molecule has 0 bridgehead atoms. The molecule has 6 heteroatoms. The summed E-state index contributed by atoms with van der Waals surface area (Å²) in [6.07, 6.45) is 2.62. The minimum absolute atomic E-state index is 0.0336. The summed E-state index contributed by atoms with van der Waals surface area (Å²) in [5.74, 6) is -0.857. The van der Waals surface area contributed by atoms with Crippen LogP contribution >= 0.6 is 0 Å². The Kier molecular flexibility index (Phi) is 3.42. The summed E-state index contributed by atoms with van der Waals surface area (Å²) < 4.78 is 5.43. The van der Waals surface area contributed by atoms with Gasteiger partial charge >= 0.3 is 5.97 Å². The van der Waals surface area contributed by atoms with Crippen LogP contribution in [0.3, 0.4) is 0 Å². The standard InChI is InChI=1S/C13H10N2O4/c14-12(16)8-1-3-10(4-2-8)19-11-5-9(13(17)18)6-15-7-11/h1-7H,(H2,14,16)(H,17,18). The number of rotatable bonds is 4. The lowest BCUT2D eigenvalue weighted by Gasteiger charge is -2.06. The lowest BCUT2D eigenvalue weighted by molar-refractivity contribution is 0.0695. The van der Waals surface area contributed by atoms with E-state index in [-0.39, 0.29) is 5.56 Å². The second kappa shape index (κ2) is 5.18. The predicted octanol–water partition coefficient (Wildman–Crippen LogP) is 1.67. The monoisotopic (exact) mass is 258 g/mol. The molecule has 0 radical (unpaired) electrons. The van der Waals surface area contributed by atoms with Crippen molar-refractivity contribution < 1.29 is 19.4 Å². The Hall–Kier alpha value is -2.89. The first-order valence-corrected chi connectivity index (χ1v) is 5.32. The zero-order valence-electron chi connectivity index (χ0n) is 9.74. The van der Waals surface area contributed by atoms with Crippen LogP contribution in [0.2, 0.25) is 0 Å². The van der Waals surface area contributed by atoms with Crippen molar-refractivity contribution >= 4 is 11.9 Å². The highest BCUT2D eigenvalue weighted by Gasteiger charge is 2.06. The summed E-state index contributed by atoms with van der Waals surface area (Å²) in [7, 11) is 0. The number of aromatic nitrogens is 1. The molecule has 6 nitrogen and oxygen atoms in total. The molecule has 3 N–H and O–H groups in total. The molecule has 0 saturated heterocycles. The maximum Gasteiger partial charge on any atom is 0.337 e. The van der Waals surface area contributed by atoms with Gasteiger partial charge in [0.2, 0.25) is 5.91 Å². The van der Waals surface area contributed by atoms with Crippen LogP contribution in [0.4, 0.5) is 0 Å². The SMILES string of the molecule is NC(=O)c1ccc(Oc2cncc(C(=O)O)c2)cc1. The number of primary amides is 1. The molecule has 0 fully saturated rings. The van der Waals surface area contributed by atoms with E-state index in [0.717, 1.165) is 0 Å². The van der Waals surface area contributed by atoms with Crippen molar-refractivity contribution in [2.45, 2.75) is 0 Å². The van der Waals surface area contributed by atoms with E-state index in [1.165, 1.54) is 30.6 Å². The van der Waals surface area contributed by atoms with Crippen LogP contribution in [0.25, 0.3) is 0 Å². The Morgan fingerprint density at radius 3 is 2.32 bits per heavy atom. The van der Waals surface area contributed by atoms with Crippen molar-refractivity contribution in [3.05, 3.63) is 53.9 Å². The molecule has 0 atom stereocenters. The average molecular weight is 258 g/mol. The quantitative estimate of drug-likeness (QED) is 0.868. The number of amides is 1. The van der Waals surface area contributed by atoms with Gasteiger partial charge in [-0.1, -0.05) is 0 Å². The number of ether oxygens (including phenoxy) is 1. The number of hydrogen-bond donors (Lipinski definition) is 2. The summed E-state index contributed by atoms with van der Waals surface area (Å²) in [4.78, 5) is 25.4. The molecule has 2 aromatic rings. The van der Waals surface area contributed by atoms with Crippen LogP contribution in [-0.4, -0.2) is 22.0 Å². The second-order valence-corrected chi connectivity index (χ2v) is 3.71. The van der Waals surface area contributed by atoms with Crippen LogP contribution in [0.1, 0.15) is 20.7 Å². The number of nitrogens with two attached hydrogens (primary N) is 1. The summed E-state index contributed by atoms with van der Waals surface area (Å²) in [6, 6.07) is 7.52. The van der Waals surface area contributed by atoms with Gasteiger partial charge in [-0.15, -0.1) is 0 Å². The molecule has 0 aliphatic carbocycles. The molecule has 19 heavy (non-hydrogen) atoms. The van der Waals surface area contributed by atoms with E-state index in [2.05, 4.69) is 4.98 Å². The van der Waals surface area contributed by atoms with Gasteiger partial charge in [-0.05, 0) is 30.3 Å². The number of carbonyl (C=O) groups excluding carboxylic acids is 1. The van der Waals surface area contributed by atoms with Gasteiger partial charge in [0, 0.05) is 11.8 Å². The number of carbonyl (C=O) groups is 2. The van der Waals surface area contributed by atoms with Crippen molar-refractivity contribution in [2.75, 3.05) is 0 Å². The van der Waals surface area contributed by atoms with Crippen LogP contribution in [0.15, 0.2) is 42.7 Å². The minimum Gasteiger partial charge on any atom is -0.478 e. The summed E-state index contributed by atoms with van der Waals surface area (Å²) >= 11 is 0. The molecular weight excluding hydrogens is 248 g/mol. The van der Waals surface area contributed by atoms with Crippen molar-refractivity contribution in [3.63, 3.8) is 0 Å². The van der Waals surface area contributed by atoms with E-state index in [1.54, 1.807) is 12.1 Å². The third-order valence-electron chi connectivity index (χ3n) is 2.33. The van der Waals surface area contributed by atoms with Gasteiger partial charge in [-0.3, -0.25) is 9.78 Å². The van der Waals surface area contributed by atoms with E-state index < -0.39 is 11.9 Å². The number of aromatic carboxylic acids is 1. The molecule has 0 saturated carbocycles. The Balaban J connectivity index is 2.19. The number of benzene rings is 1. The lowest BCUT2D eigenvalue weighted by Crippen LogP contribution is -2.10. The summed E-state index contributed by atoms with van der Waals surface area (Å²) in [5, 5.41) is 8.83. The van der Waals surface area contributed by atoms with E-state index in [4.69, 9.17) is 15.6 Å². The van der Waals surface area contributed by atoms with Crippen LogP contribution in [-0.2, 0) is 0 Å². The van der Waals surface area contributed by atoms with Gasteiger partial charge in [0.15, 0.2) is 0 Å².